The summed E-state index contributed by atoms with van der Waals surface area (Å²) in [6.07, 6.45) is 3.07. The van der Waals surface area contributed by atoms with E-state index in [-0.39, 0.29) is 31.8 Å². The Morgan fingerprint density at radius 2 is 1.70 bits per heavy atom. The van der Waals surface area contributed by atoms with Gasteiger partial charge in [-0.05, 0) is 69.9 Å². The molecule has 7 heteroatoms. The predicted molar refractivity (Wildman–Crippen MR) is 143 cm³/mol. The van der Waals surface area contributed by atoms with Gasteiger partial charge in [0.2, 0.25) is 0 Å². The van der Waals surface area contributed by atoms with Gasteiger partial charge in [0.25, 0.3) is 0 Å². The topological polar surface area (TPSA) is 88.0 Å². The van der Waals surface area contributed by atoms with Gasteiger partial charge in [-0.15, -0.1) is 17.7 Å². The van der Waals surface area contributed by atoms with E-state index in [0.717, 1.165) is 33.2 Å². The van der Waals surface area contributed by atoms with Crippen molar-refractivity contribution < 1.29 is 34.4 Å². The number of carboxylic acids is 1. The summed E-state index contributed by atoms with van der Waals surface area (Å²) in [6.45, 7) is 2.04. The maximum atomic E-state index is 10.1. The van der Waals surface area contributed by atoms with Crippen LogP contribution < -0.4 is 0 Å². The molecule has 0 spiro atoms. The first kappa shape index (κ1) is 24.5. The van der Waals surface area contributed by atoms with Crippen molar-refractivity contribution in [3.63, 3.8) is 0 Å². The summed E-state index contributed by atoms with van der Waals surface area (Å²) in [4.78, 5) is 22.4. The van der Waals surface area contributed by atoms with E-state index in [9.17, 15) is 4.79 Å². The first-order valence-corrected chi connectivity index (χ1v) is 11.5. The quantitative estimate of drug-likeness (QED) is 0.165. The molecule has 3 heterocycles. The van der Waals surface area contributed by atoms with E-state index in [0.29, 0.717) is 0 Å². The SMILES string of the molecule is CC1N=CN=C1c1[c-]c2oc3ccc4cc5ccccc5cc4c3c2cc1.O=C(O)c1ccccn1.[Ir]. The first-order chi connectivity index (χ1) is 17.6. The average molecular weight is 663 g/mol. The number of fused-ring (bicyclic) bond motifs is 6. The fourth-order valence-corrected chi connectivity index (χ4v) is 4.52. The number of hydrogen-bond acceptors (Lipinski definition) is 5. The van der Waals surface area contributed by atoms with Crippen molar-refractivity contribution in [3.05, 3.63) is 102 Å². The second kappa shape index (κ2) is 10.1. The minimum atomic E-state index is -0.990. The van der Waals surface area contributed by atoms with Crippen LogP contribution >= 0.6 is 0 Å². The van der Waals surface area contributed by atoms with E-state index in [1.807, 2.05) is 6.92 Å². The molecule has 2 aromatic heterocycles. The molecule has 7 rings (SSSR count). The maximum Gasteiger partial charge on any atom is 0.354 e. The van der Waals surface area contributed by atoms with Gasteiger partial charge < -0.3 is 9.52 Å². The van der Waals surface area contributed by atoms with Gasteiger partial charge in [-0.2, -0.15) is 0 Å². The molecule has 0 amide bonds. The van der Waals surface area contributed by atoms with Crippen molar-refractivity contribution in [2.75, 3.05) is 0 Å². The monoisotopic (exact) mass is 663 g/mol. The fourth-order valence-electron chi connectivity index (χ4n) is 4.52. The largest absolute Gasteiger partial charge is 0.477 e. The molecule has 1 aliphatic rings. The van der Waals surface area contributed by atoms with Crippen LogP contribution in [0.25, 0.3) is 43.5 Å². The molecule has 1 unspecified atom stereocenters. The minimum Gasteiger partial charge on any atom is -0.477 e. The third-order valence-corrected chi connectivity index (χ3v) is 6.28. The maximum absolute atomic E-state index is 10.1. The van der Waals surface area contributed by atoms with Gasteiger partial charge in [0, 0.05) is 26.3 Å². The second-order valence-electron chi connectivity index (χ2n) is 8.55. The van der Waals surface area contributed by atoms with Crippen LogP contribution in [0.2, 0.25) is 0 Å². The number of carboxylic acid groups (broad SMARTS) is 1. The normalized spacial score (nSPS) is 14.4. The standard InChI is InChI=1S/C24H15N2O.C6H5NO2.Ir/c1-14-24(26-13-25-14)18-6-8-19-22(12-18)27-21-9-7-17-10-15-4-2-3-5-16(15)11-20(17)23(19)21;8-6(9)5-3-1-2-4-7-5;/h2-11,13-14H,1H3;1-4H,(H,8,9);/q-1;;. The molecular weight excluding hydrogens is 643 g/mol. The van der Waals surface area contributed by atoms with Crippen LogP contribution in [0.4, 0.5) is 0 Å². The van der Waals surface area contributed by atoms with E-state index >= 15 is 0 Å². The van der Waals surface area contributed by atoms with Crippen LogP contribution in [0, 0.1) is 6.07 Å². The summed E-state index contributed by atoms with van der Waals surface area (Å²) in [5, 5.41) is 15.5. The van der Waals surface area contributed by atoms with E-state index in [4.69, 9.17) is 9.52 Å². The Morgan fingerprint density at radius 1 is 0.919 bits per heavy atom. The van der Waals surface area contributed by atoms with Crippen molar-refractivity contribution in [1.29, 1.82) is 0 Å². The molecule has 1 atom stereocenters. The number of rotatable bonds is 2. The van der Waals surface area contributed by atoms with Gasteiger partial charge >= 0.3 is 5.97 Å². The van der Waals surface area contributed by atoms with Crippen LogP contribution in [0.3, 0.4) is 0 Å². The summed E-state index contributed by atoms with van der Waals surface area (Å²) < 4.78 is 6.16. The third kappa shape index (κ3) is 4.55. The van der Waals surface area contributed by atoms with Crippen molar-refractivity contribution in [1.82, 2.24) is 4.98 Å². The Labute approximate surface area is 225 Å². The number of aromatic nitrogens is 1. The molecule has 4 aromatic carbocycles. The number of aliphatic imine (C=N–C) groups is 2. The van der Waals surface area contributed by atoms with Gasteiger partial charge in [-0.1, -0.05) is 47.9 Å². The number of hydrogen-bond donors (Lipinski definition) is 1. The fraction of sp³-hybridized carbons (Fsp3) is 0.0667. The molecule has 183 valence electrons. The molecule has 1 N–H and O–H groups in total. The molecule has 0 aliphatic carbocycles. The van der Waals surface area contributed by atoms with E-state index in [1.54, 1.807) is 18.5 Å². The third-order valence-electron chi connectivity index (χ3n) is 6.28. The van der Waals surface area contributed by atoms with Gasteiger partial charge in [0.15, 0.2) is 0 Å². The van der Waals surface area contributed by atoms with E-state index < -0.39 is 5.97 Å². The van der Waals surface area contributed by atoms with Crippen molar-refractivity contribution in [2.45, 2.75) is 13.0 Å². The molecular formula is C30H20IrN3O3-. The smallest absolute Gasteiger partial charge is 0.354 e. The Bertz CT molecular complexity index is 1840. The Hall–Kier alpha value is -4.19. The van der Waals surface area contributed by atoms with E-state index in [2.05, 4.69) is 81.7 Å². The van der Waals surface area contributed by atoms with Crippen LogP contribution in [0.5, 0.6) is 0 Å². The number of pyridine rings is 1. The van der Waals surface area contributed by atoms with Crippen molar-refractivity contribution in [2.24, 2.45) is 9.98 Å². The zero-order valence-electron chi connectivity index (χ0n) is 19.7. The summed E-state index contributed by atoms with van der Waals surface area (Å²) in [7, 11) is 0. The first-order valence-electron chi connectivity index (χ1n) is 11.5. The number of benzene rings is 4. The number of furan rings is 1. The zero-order chi connectivity index (χ0) is 24.6. The van der Waals surface area contributed by atoms with Gasteiger partial charge in [-0.25, -0.2) is 9.78 Å². The Balaban J connectivity index is 0.000000241. The number of carbonyl (C=O) groups is 1. The zero-order valence-corrected chi connectivity index (χ0v) is 22.1. The van der Waals surface area contributed by atoms with Crippen molar-refractivity contribution >= 4 is 61.5 Å². The summed E-state index contributed by atoms with van der Waals surface area (Å²) in [5.74, 6) is -0.990. The Morgan fingerprint density at radius 3 is 2.38 bits per heavy atom. The second-order valence-corrected chi connectivity index (χ2v) is 8.55. The van der Waals surface area contributed by atoms with Gasteiger partial charge in [0.1, 0.15) is 11.3 Å². The predicted octanol–water partition coefficient (Wildman–Crippen LogP) is 6.69. The average Bonchev–Trinajstić information content (AvgIpc) is 3.51. The van der Waals surface area contributed by atoms with Gasteiger partial charge in [-0.3, -0.25) is 9.98 Å². The molecule has 0 saturated heterocycles. The number of nitrogens with zero attached hydrogens (tertiary/aromatic N) is 3. The summed E-state index contributed by atoms with van der Waals surface area (Å²) >= 11 is 0. The Kier molecular flexibility index (Phi) is 6.66. The number of aromatic carboxylic acids is 1. The van der Waals surface area contributed by atoms with Crippen LogP contribution in [-0.2, 0) is 20.1 Å². The van der Waals surface area contributed by atoms with Crippen LogP contribution in [0.1, 0.15) is 23.0 Å². The molecule has 37 heavy (non-hydrogen) atoms. The summed E-state index contributed by atoms with van der Waals surface area (Å²) in [6, 6.07) is 29.6. The molecule has 0 bridgehead atoms. The van der Waals surface area contributed by atoms with Crippen LogP contribution in [-0.4, -0.2) is 34.2 Å². The summed E-state index contributed by atoms with van der Waals surface area (Å²) in [5.41, 5.74) is 3.62. The molecule has 6 aromatic rings. The molecule has 6 nitrogen and oxygen atoms in total. The minimum absolute atomic E-state index is 0. The molecule has 0 saturated carbocycles. The van der Waals surface area contributed by atoms with Crippen LogP contribution in [0.15, 0.2) is 99.5 Å². The molecule has 0 fully saturated rings. The van der Waals surface area contributed by atoms with E-state index in [1.165, 1.54) is 33.8 Å². The van der Waals surface area contributed by atoms with Gasteiger partial charge in [0.05, 0.1) is 18.0 Å². The molecule has 1 radical (unpaired) electrons. The van der Waals surface area contributed by atoms with Crippen molar-refractivity contribution in [3.8, 4) is 0 Å². The molecule has 1 aliphatic heterocycles.